The Balaban J connectivity index is 1.15. The maximum atomic E-state index is 6.60. The molecule has 8 nitrogen and oxygen atoms in total. The molecule has 0 unspecified atom stereocenters. The second kappa shape index (κ2) is 9.33. The lowest BCUT2D eigenvalue weighted by Gasteiger charge is -2.31. The Bertz CT molecular complexity index is 1170. The molecule has 2 fully saturated rings. The number of benzene rings is 1. The highest BCUT2D eigenvalue weighted by atomic mass is 16.5. The van der Waals surface area contributed by atoms with Crippen molar-refractivity contribution < 1.29 is 14.2 Å². The number of fused-ring (bicyclic) bond motifs is 2. The van der Waals surface area contributed by atoms with E-state index in [1.807, 2.05) is 13.1 Å². The van der Waals surface area contributed by atoms with Gasteiger partial charge in [-0.15, -0.1) is 0 Å². The van der Waals surface area contributed by atoms with E-state index in [1.54, 1.807) is 6.33 Å². The molecule has 2 aliphatic heterocycles. The average molecular weight is 462 g/mol. The average Bonchev–Trinajstić information content (AvgIpc) is 3.34. The third kappa shape index (κ3) is 4.39. The van der Waals surface area contributed by atoms with Crippen LogP contribution in [-0.4, -0.2) is 59.0 Å². The Hall–Kier alpha value is -3.00. The largest absolute Gasteiger partial charge is 0.490 e. The monoisotopic (exact) mass is 461 g/mol. The Labute approximate surface area is 199 Å². The molecule has 8 heteroatoms. The van der Waals surface area contributed by atoms with Crippen LogP contribution >= 0.6 is 0 Å². The van der Waals surface area contributed by atoms with Crippen molar-refractivity contribution >= 4 is 16.6 Å². The minimum absolute atomic E-state index is 0.202. The fourth-order valence-electron chi connectivity index (χ4n) is 5.45. The minimum atomic E-state index is 0.202. The Morgan fingerprint density at radius 2 is 1.91 bits per heavy atom. The molecule has 0 N–H and O–H groups in total. The lowest BCUT2D eigenvalue weighted by atomic mass is 9.84. The van der Waals surface area contributed by atoms with E-state index in [9.17, 15) is 0 Å². The van der Waals surface area contributed by atoms with Gasteiger partial charge in [0.1, 0.15) is 17.9 Å². The highest BCUT2D eigenvalue weighted by molar-refractivity contribution is 5.88. The number of anilines is 1. The molecule has 4 heterocycles. The molecular weight excluding hydrogens is 430 g/mol. The van der Waals surface area contributed by atoms with Crippen molar-refractivity contribution in [3.8, 4) is 11.5 Å². The summed E-state index contributed by atoms with van der Waals surface area (Å²) in [6.45, 7) is 5.98. The van der Waals surface area contributed by atoms with E-state index >= 15 is 0 Å². The number of hydrogen-bond donors (Lipinski definition) is 0. The van der Waals surface area contributed by atoms with Crippen LogP contribution in [0.3, 0.4) is 0 Å². The zero-order chi connectivity index (χ0) is 22.9. The van der Waals surface area contributed by atoms with Crippen molar-refractivity contribution in [3.05, 3.63) is 41.9 Å². The molecule has 3 aliphatic rings. The van der Waals surface area contributed by atoms with Crippen molar-refractivity contribution in [1.82, 2.24) is 19.9 Å². The number of hydrogen-bond acceptors (Lipinski definition) is 8. The number of aromatic nitrogens is 4. The summed E-state index contributed by atoms with van der Waals surface area (Å²) in [7, 11) is 0. The Kier molecular flexibility index (Phi) is 5.91. The summed E-state index contributed by atoms with van der Waals surface area (Å²) in [6, 6.07) is 4.30. The maximum absolute atomic E-state index is 6.60. The van der Waals surface area contributed by atoms with Gasteiger partial charge in [0.2, 0.25) is 0 Å². The molecule has 0 atom stereocenters. The Morgan fingerprint density at radius 1 is 1.06 bits per heavy atom. The van der Waals surface area contributed by atoms with Gasteiger partial charge in [-0.2, -0.15) is 0 Å². The first-order valence-electron chi connectivity index (χ1n) is 12.5. The lowest BCUT2D eigenvalue weighted by Crippen LogP contribution is -2.36. The van der Waals surface area contributed by atoms with Gasteiger partial charge in [0.15, 0.2) is 5.75 Å². The molecular formula is C26H31N5O3. The van der Waals surface area contributed by atoms with Crippen LogP contribution in [0.1, 0.15) is 42.9 Å². The highest BCUT2D eigenvalue weighted by Crippen LogP contribution is 2.36. The summed E-state index contributed by atoms with van der Waals surface area (Å²) in [5, 5.41) is 0.978. The lowest BCUT2D eigenvalue weighted by molar-refractivity contribution is 0.122. The van der Waals surface area contributed by atoms with E-state index in [4.69, 9.17) is 19.2 Å². The van der Waals surface area contributed by atoms with Gasteiger partial charge in [-0.3, -0.25) is 0 Å². The summed E-state index contributed by atoms with van der Waals surface area (Å²) in [5.74, 6) is 3.28. The second-order valence-corrected chi connectivity index (χ2v) is 9.56. The molecule has 1 saturated carbocycles. The predicted molar refractivity (Wildman–Crippen MR) is 129 cm³/mol. The van der Waals surface area contributed by atoms with Gasteiger partial charge in [0, 0.05) is 37.5 Å². The first-order chi connectivity index (χ1) is 16.7. The number of aryl methyl sites for hydroxylation is 1. The van der Waals surface area contributed by atoms with E-state index in [0.29, 0.717) is 5.92 Å². The first-order valence-corrected chi connectivity index (χ1v) is 12.5. The smallest absolute Gasteiger partial charge is 0.162 e. The fourth-order valence-corrected chi connectivity index (χ4v) is 5.45. The first kappa shape index (κ1) is 21.5. The van der Waals surface area contributed by atoms with Crippen LogP contribution in [0.4, 0.5) is 5.69 Å². The number of morpholine rings is 1. The molecule has 3 aromatic rings. The zero-order valence-electron chi connectivity index (χ0n) is 19.7. The van der Waals surface area contributed by atoms with Crippen molar-refractivity contribution in [3.63, 3.8) is 0 Å². The van der Waals surface area contributed by atoms with Crippen LogP contribution in [-0.2, 0) is 17.6 Å². The van der Waals surface area contributed by atoms with E-state index in [-0.39, 0.29) is 6.10 Å². The van der Waals surface area contributed by atoms with Crippen LogP contribution in [0.2, 0.25) is 0 Å². The molecule has 1 aliphatic carbocycles. The SMILES string of the molecule is Cc1nc2c(c(CC3CCC(Oc4cc(N5CCOCC5)cc5ncncc45)CC3)n1)OCC2. The maximum Gasteiger partial charge on any atom is 0.162 e. The fraction of sp³-hybridized carbons (Fsp3) is 0.538. The minimum Gasteiger partial charge on any atom is -0.490 e. The van der Waals surface area contributed by atoms with Gasteiger partial charge in [-0.25, -0.2) is 19.9 Å². The van der Waals surface area contributed by atoms with E-state index in [2.05, 4.69) is 32.0 Å². The Morgan fingerprint density at radius 3 is 2.76 bits per heavy atom. The molecule has 34 heavy (non-hydrogen) atoms. The van der Waals surface area contributed by atoms with Gasteiger partial charge < -0.3 is 19.1 Å². The summed E-state index contributed by atoms with van der Waals surface area (Å²) >= 11 is 0. The van der Waals surface area contributed by atoms with Crippen LogP contribution in [0.5, 0.6) is 11.5 Å². The normalized spacial score (nSPS) is 22.4. The molecule has 0 bridgehead atoms. The third-order valence-corrected chi connectivity index (χ3v) is 7.22. The van der Waals surface area contributed by atoms with Crippen LogP contribution in [0, 0.1) is 12.8 Å². The van der Waals surface area contributed by atoms with Crippen LogP contribution in [0.15, 0.2) is 24.7 Å². The molecule has 178 valence electrons. The van der Waals surface area contributed by atoms with E-state index < -0.39 is 0 Å². The van der Waals surface area contributed by atoms with Gasteiger partial charge >= 0.3 is 0 Å². The van der Waals surface area contributed by atoms with Gasteiger partial charge in [-0.1, -0.05) is 0 Å². The third-order valence-electron chi connectivity index (χ3n) is 7.22. The van der Waals surface area contributed by atoms with Crippen LogP contribution in [0.25, 0.3) is 10.9 Å². The number of ether oxygens (including phenoxy) is 3. The standard InChI is InChI=1S/C26H31N5O3/c1-17-29-22-6-9-33-26(22)24(30-17)12-18-2-4-20(5-3-18)34-25-14-19(31-7-10-32-11-8-31)13-23-21(25)15-27-16-28-23/h13-16,18,20H,2-12H2,1H3. The van der Waals surface area contributed by atoms with E-state index in [0.717, 1.165) is 117 Å². The number of rotatable bonds is 5. The van der Waals surface area contributed by atoms with Crippen molar-refractivity contribution in [2.75, 3.05) is 37.8 Å². The molecule has 1 saturated heterocycles. The molecule has 0 spiro atoms. The molecule has 0 radical (unpaired) electrons. The van der Waals surface area contributed by atoms with Gasteiger partial charge in [-0.05, 0) is 51.0 Å². The van der Waals surface area contributed by atoms with Crippen molar-refractivity contribution in [2.45, 2.75) is 51.6 Å². The van der Waals surface area contributed by atoms with Crippen molar-refractivity contribution in [2.24, 2.45) is 5.92 Å². The molecule has 0 amide bonds. The van der Waals surface area contributed by atoms with Gasteiger partial charge in [0.25, 0.3) is 0 Å². The van der Waals surface area contributed by atoms with Crippen LogP contribution < -0.4 is 14.4 Å². The molecule has 6 rings (SSSR count). The highest BCUT2D eigenvalue weighted by Gasteiger charge is 2.27. The topological polar surface area (TPSA) is 82.5 Å². The molecule has 1 aromatic carbocycles. The quantitative estimate of drug-likeness (QED) is 0.569. The van der Waals surface area contributed by atoms with Crippen molar-refractivity contribution in [1.29, 1.82) is 0 Å². The summed E-state index contributed by atoms with van der Waals surface area (Å²) in [4.78, 5) is 20.4. The van der Waals surface area contributed by atoms with Gasteiger partial charge in [0.05, 0.1) is 48.2 Å². The summed E-state index contributed by atoms with van der Waals surface area (Å²) in [5.41, 5.74) is 4.24. The summed E-state index contributed by atoms with van der Waals surface area (Å²) in [6.07, 6.45) is 9.85. The predicted octanol–water partition coefficient (Wildman–Crippen LogP) is 3.68. The van der Waals surface area contributed by atoms with E-state index in [1.165, 1.54) is 0 Å². The zero-order valence-corrected chi connectivity index (χ0v) is 19.7. The number of nitrogens with zero attached hydrogens (tertiary/aromatic N) is 5. The molecule has 2 aromatic heterocycles. The second-order valence-electron chi connectivity index (χ2n) is 9.56. The summed E-state index contributed by atoms with van der Waals surface area (Å²) < 4.78 is 18.0.